The zero-order valence-corrected chi connectivity index (χ0v) is 21.5. The highest BCUT2D eigenvalue weighted by molar-refractivity contribution is 5.56. The largest absolute Gasteiger partial charge is 0.507 e. The first-order valence-electron chi connectivity index (χ1n) is 12.7. The molecule has 1 atom stereocenters. The fourth-order valence-electron chi connectivity index (χ4n) is 4.48. The van der Waals surface area contributed by atoms with E-state index in [2.05, 4.69) is 39.0 Å². The monoisotopic (exact) mass is 438 g/mol. The first-order chi connectivity index (χ1) is 15.2. The Morgan fingerprint density at radius 1 is 0.812 bits per heavy atom. The van der Waals surface area contributed by atoms with Crippen LogP contribution in [0.3, 0.4) is 0 Å². The molecule has 0 spiro atoms. The first-order valence-corrected chi connectivity index (χ1v) is 12.7. The van der Waals surface area contributed by atoms with Crippen LogP contribution in [0.5, 0.6) is 11.5 Å². The fraction of sp³-hybridized carbons (Fsp3) is 0.600. The van der Waals surface area contributed by atoms with Gasteiger partial charge in [0.15, 0.2) is 0 Å². The van der Waals surface area contributed by atoms with Crippen molar-refractivity contribution in [3.05, 3.63) is 57.2 Å². The zero-order chi connectivity index (χ0) is 23.7. The Morgan fingerprint density at radius 3 is 2.03 bits per heavy atom. The van der Waals surface area contributed by atoms with Crippen molar-refractivity contribution < 1.29 is 10.2 Å². The van der Waals surface area contributed by atoms with Crippen LogP contribution in [-0.2, 0) is 6.42 Å². The predicted molar refractivity (Wildman–Crippen MR) is 139 cm³/mol. The summed E-state index contributed by atoms with van der Waals surface area (Å²) in [6.45, 7) is 12.5. The van der Waals surface area contributed by atoms with Crippen molar-refractivity contribution in [1.82, 2.24) is 0 Å². The van der Waals surface area contributed by atoms with Gasteiger partial charge in [0.2, 0.25) is 0 Å². The molecular weight excluding hydrogens is 392 g/mol. The molecule has 1 aliphatic rings. The van der Waals surface area contributed by atoms with E-state index in [0.29, 0.717) is 17.4 Å². The molecule has 32 heavy (non-hydrogen) atoms. The highest BCUT2D eigenvalue weighted by Gasteiger charge is 2.16. The molecule has 1 aromatic carbocycles. The lowest BCUT2D eigenvalue weighted by Crippen LogP contribution is -2.01. The minimum Gasteiger partial charge on any atom is -0.507 e. The van der Waals surface area contributed by atoms with E-state index < -0.39 is 0 Å². The summed E-state index contributed by atoms with van der Waals surface area (Å²) in [5.74, 6) is 1.29. The molecule has 2 rings (SSSR count). The van der Waals surface area contributed by atoms with Gasteiger partial charge >= 0.3 is 0 Å². The quantitative estimate of drug-likeness (QED) is 0.252. The smallest absolute Gasteiger partial charge is 0.122 e. The molecule has 1 aliphatic carbocycles. The Morgan fingerprint density at radius 2 is 1.41 bits per heavy atom. The van der Waals surface area contributed by atoms with E-state index in [0.717, 1.165) is 60.8 Å². The lowest BCUT2D eigenvalue weighted by molar-refractivity contribution is 0.435. The highest BCUT2D eigenvalue weighted by atomic mass is 16.3. The second kappa shape index (κ2) is 12.9. The summed E-state index contributed by atoms with van der Waals surface area (Å²) in [6, 6.07) is 0. The molecule has 0 saturated heterocycles. The van der Waals surface area contributed by atoms with Gasteiger partial charge in [0.1, 0.15) is 11.5 Å². The Balaban J connectivity index is 1.69. The molecule has 178 valence electrons. The molecule has 1 unspecified atom stereocenters. The van der Waals surface area contributed by atoms with Gasteiger partial charge in [-0.25, -0.2) is 0 Å². The van der Waals surface area contributed by atoms with E-state index in [9.17, 15) is 10.2 Å². The third kappa shape index (κ3) is 7.87. The van der Waals surface area contributed by atoms with Gasteiger partial charge in [-0.05, 0) is 128 Å². The average molecular weight is 439 g/mol. The zero-order valence-electron chi connectivity index (χ0n) is 21.5. The molecule has 2 N–H and O–H groups in total. The molecule has 1 fully saturated rings. The molecule has 0 aliphatic heterocycles. The van der Waals surface area contributed by atoms with E-state index >= 15 is 0 Å². The summed E-state index contributed by atoms with van der Waals surface area (Å²) in [5, 5.41) is 20.8. The molecule has 0 bridgehead atoms. The van der Waals surface area contributed by atoms with Crippen LogP contribution in [0.1, 0.15) is 107 Å². The van der Waals surface area contributed by atoms with Crippen LogP contribution in [0, 0.1) is 26.7 Å². The maximum Gasteiger partial charge on any atom is 0.122 e. The second-order valence-electron chi connectivity index (χ2n) is 10.2. The SMILES string of the molecule is C/C(=C\CC/C(C)=C/CCC(C)CCc1c(C)c(O)c(C)c(C)c1O)CCC=C1CCC1. The Labute approximate surface area is 197 Å². The van der Waals surface area contributed by atoms with E-state index in [1.807, 2.05) is 20.8 Å². The average Bonchev–Trinajstić information content (AvgIpc) is 2.72. The third-order valence-electron chi connectivity index (χ3n) is 7.40. The molecule has 1 aromatic rings. The third-order valence-corrected chi connectivity index (χ3v) is 7.40. The van der Waals surface area contributed by atoms with E-state index in [1.165, 1.54) is 43.3 Å². The van der Waals surface area contributed by atoms with Gasteiger partial charge in [-0.2, -0.15) is 0 Å². The molecular formula is C30H46O2. The second-order valence-corrected chi connectivity index (χ2v) is 10.2. The maximum atomic E-state index is 10.5. The summed E-state index contributed by atoms with van der Waals surface area (Å²) in [6.07, 6.45) is 20.2. The number of hydrogen-bond donors (Lipinski definition) is 2. The Kier molecular flexibility index (Phi) is 10.6. The van der Waals surface area contributed by atoms with Gasteiger partial charge in [-0.1, -0.05) is 41.9 Å². The van der Waals surface area contributed by atoms with Gasteiger partial charge < -0.3 is 10.2 Å². The number of benzene rings is 1. The molecule has 0 aromatic heterocycles. The molecule has 0 heterocycles. The standard InChI is InChI=1S/C30H46O2/c1-21(11-7-12-22(2)15-9-16-27-17-10-18-27)13-8-14-23(3)19-20-28-26(6)29(31)24(4)25(5)30(28)32/h12-13,16,23,31-32H,7-11,14-15,17-20H2,1-6H3/b21-13+,22-12+. The van der Waals surface area contributed by atoms with Gasteiger partial charge in [0.25, 0.3) is 0 Å². The summed E-state index contributed by atoms with van der Waals surface area (Å²) < 4.78 is 0. The molecule has 2 heteroatoms. The number of phenols is 2. The molecule has 2 nitrogen and oxygen atoms in total. The van der Waals surface area contributed by atoms with Gasteiger partial charge in [-0.3, -0.25) is 0 Å². The van der Waals surface area contributed by atoms with Crippen molar-refractivity contribution in [2.75, 3.05) is 0 Å². The lowest BCUT2D eigenvalue weighted by atomic mass is 9.91. The van der Waals surface area contributed by atoms with Crippen molar-refractivity contribution >= 4 is 0 Å². The number of aromatic hydroxyl groups is 2. The molecule has 0 amide bonds. The normalized spacial score (nSPS) is 15.6. The predicted octanol–water partition coefficient (Wildman–Crippen LogP) is 8.94. The van der Waals surface area contributed by atoms with Crippen LogP contribution in [0.15, 0.2) is 34.9 Å². The minimum atomic E-state index is 0.334. The van der Waals surface area contributed by atoms with Crippen molar-refractivity contribution in [3.63, 3.8) is 0 Å². The highest BCUT2D eigenvalue weighted by Crippen LogP contribution is 2.37. The Hall–Kier alpha value is -1.96. The topological polar surface area (TPSA) is 40.5 Å². The lowest BCUT2D eigenvalue weighted by Gasteiger charge is -2.17. The Bertz CT molecular complexity index is 819. The van der Waals surface area contributed by atoms with Crippen molar-refractivity contribution in [3.8, 4) is 11.5 Å². The van der Waals surface area contributed by atoms with Crippen molar-refractivity contribution in [2.45, 2.75) is 112 Å². The van der Waals surface area contributed by atoms with Crippen LogP contribution in [0.4, 0.5) is 0 Å². The van der Waals surface area contributed by atoms with Crippen LogP contribution >= 0.6 is 0 Å². The van der Waals surface area contributed by atoms with Crippen LogP contribution in [0.2, 0.25) is 0 Å². The summed E-state index contributed by atoms with van der Waals surface area (Å²) >= 11 is 0. The number of phenolic OH excluding ortho intramolecular Hbond substituents is 2. The summed E-state index contributed by atoms with van der Waals surface area (Å²) in [7, 11) is 0. The van der Waals surface area contributed by atoms with E-state index in [4.69, 9.17) is 0 Å². The summed E-state index contributed by atoms with van der Waals surface area (Å²) in [5.41, 5.74) is 8.02. The van der Waals surface area contributed by atoms with Crippen molar-refractivity contribution in [1.29, 1.82) is 0 Å². The van der Waals surface area contributed by atoms with Gasteiger partial charge in [0.05, 0.1) is 0 Å². The van der Waals surface area contributed by atoms with Crippen LogP contribution in [0.25, 0.3) is 0 Å². The van der Waals surface area contributed by atoms with E-state index in [-0.39, 0.29) is 0 Å². The van der Waals surface area contributed by atoms with Gasteiger partial charge in [-0.15, -0.1) is 0 Å². The van der Waals surface area contributed by atoms with Crippen LogP contribution in [-0.4, -0.2) is 10.2 Å². The summed E-state index contributed by atoms with van der Waals surface area (Å²) in [4.78, 5) is 0. The van der Waals surface area contributed by atoms with E-state index in [1.54, 1.807) is 5.57 Å². The number of allylic oxidation sites excluding steroid dienone is 6. The fourth-order valence-corrected chi connectivity index (χ4v) is 4.48. The number of rotatable bonds is 12. The molecule has 1 saturated carbocycles. The van der Waals surface area contributed by atoms with Crippen molar-refractivity contribution in [2.24, 2.45) is 5.92 Å². The van der Waals surface area contributed by atoms with Crippen LogP contribution < -0.4 is 0 Å². The molecule has 0 radical (unpaired) electrons. The van der Waals surface area contributed by atoms with Gasteiger partial charge in [0, 0.05) is 5.56 Å². The number of hydrogen-bond acceptors (Lipinski definition) is 2. The minimum absolute atomic E-state index is 0.334. The maximum absolute atomic E-state index is 10.5. The first kappa shape index (κ1) is 26.3.